The van der Waals surface area contributed by atoms with Gasteiger partial charge in [-0.1, -0.05) is 78.9 Å². The fourth-order valence-corrected chi connectivity index (χ4v) is 5.80. The van der Waals surface area contributed by atoms with E-state index in [9.17, 15) is 0 Å². The Hall–Kier alpha value is -4.89. The zero-order valence-corrected chi connectivity index (χ0v) is 19.3. The molecule has 3 nitrogen and oxygen atoms in total. The number of fused-ring (bicyclic) bond motifs is 10. The van der Waals surface area contributed by atoms with E-state index in [2.05, 4.69) is 102 Å². The second-order valence-electron chi connectivity index (χ2n) is 9.19. The highest BCUT2D eigenvalue weighted by atomic mass is 16.3. The van der Waals surface area contributed by atoms with Gasteiger partial charge in [0.15, 0.2) is 0 Å². The lowest BCUT2D eigenvalue weighted by atomic mass is 9.96. The van der Waals surface area contributed by atoms with Crippen molar-refractivity contribution in [1.29, 1.82) is 0 Å². The van der Waals surface area contributed by atoms with E-state index in [0.717, 1.165) is 38.8 Å². The van der Waals surface area contributed by atoms with Crippen LogP contribution in [0.1, 0.15) is 0 Å². The molecule has 0 aliphatic rings. The summed E-state index contributed by atoms with van der Waals surface area (Å²) in [5.74, 6) is 0. The minimum Gasteiger partial charge on any atom is -0.463 e. The van der Waals surface area contributed by atoms with Gasteiger partial charge in [0.2, 0.25) is 0 Å². The molecule has 36 heavy (non-hydrogen) atoms. The van der Waals surface area contributed by atoms with Gasteiger partial charge in [-0.2, -0.15) is 0 Å². The molecule has 0 unspecified atom stereocenters. The molecule has 0 N–H and O–H groups in total. The standard InChI is InChI=1S/C33H20N2O/c1-2-11-22(12-3-1)35-28-18-17-21-10-4-5-13-23(21)29(28)30-24-14-6-7-15-25(24)33-31(32(30)35)26(20-36-33)27-16-8-9-19-34-27/h1-20H. The first-order valence-electron chi connectivity index (χ1n) is 12.1. The number of hydrogen-bond donors (Lipinski definition) is 0. The third-order valence-electron chi connectivity index (χ3n) is 7.28. The molecule has 0 radical (unpaired) electrons. The molecule has 0 saturated heterocycles. The molecule has 0 aliphatic heterocycles. The Morgan fingerprint density at radius 3 is 2.17 bits per heavy atom. The van der Waals surface area contributed by atoms with Gasteiger partial charge in [0.25, 0.3) is 0 Å². The van der Waals surface area contributed by atoms with E-state index in [0.29, 0.717) is 0 Å². The summed E-state index contributed by atoms with van der Waals surface area (Å²) in [6.07, 6.45) is 3.71. The summed E-state index contributed by atoms with van der Waals surface area (Å²) in [6.45, 7) is 0. The van der Waals surface area contributed by atoms with Gasteiger partial charge >= 0.3 is 0 Å². The molecule has 0 amide bonds. The lowest BCUT2D eigenvalue weighted by Crippen LogP contribution is -1.94. The number of hydrogen-bond acceptors (Lipinski definition) is 2. The summed E-state index contributed by atoms with van der Waals surface area (Å²) in [6, 6.07) is 38.4. The third-order valence-corrected chi connectivity index (χ3v) is 7.28. The van der Waals surface area contributed by atoms with Gasteiger partial charge < -0.3 is 8.98 Å². The minimum absolute atomic E-state index is 0.892. The monoisotopic (exact) mass is 460 g/mol. The van der Waals surface area contributed by atoms with E-state index < -0.39 is 0 Å². The van der Waals surface area contributed by atoms with Crippen molar-refractivity contribution in [1.82, 2.24) is 9.55 Å². The Labute approximate surface area is 206 Å². The molecule has 0 atom stereocenters. The molecule has 3 heterocycles. The molecule has 0 saturated carbocycles. The van der Waals surface area contributed by atoms with Crippen LogP contribution in [0.5, 0.6) is 0 Å². The van der Waals surface area contributed by atoms with E-state index in [1.54, 1.807) is 0 Å². The molecule has 3 aromatic heterocycles. The van der Waals surface area contributed by atoms with E-state index in [1.165, 1.54) is 32.4 Å². The van der Waals surface area contributed by atoms with Crippen LogP contribution in [0.2, 0.25) is 0 Å². The van der Waals surface area contributed by atoms with Crippen molar-refractivity contribution in [2.24, 2.45) is 0 Å². The first-order chi connectivity index (χ1) is 17.9. The highest BCUT2D eigenvalue weighted by molar-refractivity contribution is 6.36. The predicted molar refractivity (Wildman–Crippen MR) is 149 cm³/mol. The number of aromatic nitrogens is 2. The normalized spacial score (nSPS) is 11.9. The zero-order valence-electron chi connectivity index (χ0n) is 19.3. The third kappa shape index (κ3) is 2.54. The van der Waals surface area contributed by atoms with Crippen molar-refractivity contribution in [3.8, 4) is 16.9 Å². The topological polar surface area (TPSA) is 31.0 Å². The molecule has 8 rings (SSSR count). The fraction of sp³-hybridized carbons (Fsp3) is 0. The van der Waals surface area contributed by atoms with Crippen LogP contribution in [-0.4, -0.2) is 9.55 Å². The predicted octanol–water partition coefficient (Wildman–Crippen LogP) is 8.90. The maximum atomic E-state index is 6.35. The number of pyridine rings is 1. The van der Waals surface area contributed by atoms with Gasteiger partial charge in [-0.15, -0.1) is 0 Å². The van der Waals surface area contributed by atoms with Gasteiger partial charge in [0, 0.05) is 33.6 Å². The van der Waals surface area contributed by atoms with Gasteiger partial charge in [0.05, 0.1) is 22.1 Å². The Kier molecular flexibility index (Phi) is 3.94. The highest BCUT2D eigenvalue weighted by Crippen LogP contribution is 2.47. The number of para-hydroxylation sites is 1. The van der Waals surface area contributed by atoms with Crippen molar-refractivity contribution in [2.45, 2.75) is 0 Å². The quantitative estimate of drug-likeness (QED) is 0.258. The van der Waals surface area contributed by atoms with Crippen LogP contribution in [0.4, 0.5) is 0 Å². The maximum absolute atomic E-state index is 6.35. The molecule has 0 spiro atoms. The van der Waals surface area contributed by atoms with Gasteiger partial charge in [-0.25, -0.2) is 0 Å². The average Bonchev–Trinajstić information content (AvgIpc) is 3.54. The fourth-order valence-electron chi connectivity index (χ4n) is 5.80. The summed E-state index contributed by atoms with van der Waals surface area (Å²) in [5, 5.41) is 8.39. The first kappa shape index (κ1) is 19.4. The lowest BCUT2D eigenvalue weighted by Gasteiger charge is -2.10. The summed E-state index contributed by atoms with van der Waals surface area (Å²) < 4.78 is 8.74. The second kappa shape index (κ2) is 7.30. The van der Waals surface area contributed by atoms with E-state index >= 15 is 0 Å². The molecule has 5 aromatic carbocycles. The highest BCUT2D eigenvalue weighted by Gasteiger charge is 2.24. The Morgan fingerprint density at radius 2 is 1.33 bits per heavy atom. The molecule has 0 aliphatic carbocycles. The lowest BCUT2D eigenvalue weighted by molar-refractivity contribution is 0.620. The van der Waals surface area contributed by atoms with Crippen LogP contribution >= 0.6 is 0 Å². The van der Waals surface area contributed by atoms with Crippen molar-refractivity contribution < 1.29 is 4.42 Å². The van der Waals surface area contributed by atoms with Crippen LogP contribution in [0.15, 0.2) is 126 Å². The number of nitrogens with zero attached hydrogens (tertiary/aromatic N) is 2. The van der Waals surface area contributed by atoms with E-state index in [4.69, 9.17) is 9.40 Å². The van der Waals surface area contributed by atoms with Gasteiger partial charge in [0.1, 0.15) is 11.8 Å². The van der Waals surface area contributed by atoms with Crippen LogP contribution in [-0.2, 0) is 0 Å². The summed E-state index contributed by atoms with van der Waals surface area (Å²) in [7, 11) is 0. The molecule has 8 aromatic rings. The summed E-state index contributed by atoms with van der Waals surface area (Å²) >= 11 is 0. The minimum atomic E-state index is 0.892. The average molecular weight is 461 g/mol. The SMILES string of the molecule is c1ccc(-n2c3ccc4ccccc4c3c3c4ccccc4c4occ(-c5ccccn5)c4c32)cc1. The Morgan fingerprint density at radius 1 is 0.583 bits per heavy atom. The zero-order chi connectivity index (χ0) is 23.6. The largest absolute Gasteiger partial charge is 0.463 e. The molecule has 0 fully saturated rings. The van der Waals surface area contributed by atoms with Gasteiger partial charge in [-0.05, 0) is 46.5 Å². The van der Waals surface area contributed by atoms with Crippen molar-refractivity contribution >= 4 is 54.3 Å². The van der Waals surface area contributed by atoms with Crippen LogP contribution in [0.3, 0.4) is 0 Å². The van der Waals surface area contributed by atoms with Crippen LogP contribution in [0, 0.1) is 0 Å². The van der Waals surface area contributed by atoms with Crippen molar-refractivity contribution in [2.75, 3.05) is 0 Å². The molecular weight excluding hydrogens is 440 g/mol. The molecular formula is C33H20N2O. The van der Waals surface area contributed by atoms with E-state index in [-0.39, 0.29) is 0 Å². The maximum Gasteiger partial charge on any atom is 0.144 e. The van der Waals surface area contributed by atoms with Crippen molar-refractivity contribution in [3.05, 3.63) is 122 Å². The summed E-state index contributed by atoms with van der Waals surface area (Å²) in [4.78, 5) is 4.70. The number of furan rings is 1. The Balaban J connectivity index is 1.74. The van der Waals surface area contributed by atoms with Crippen molar-refractivity contribution in [3.63, 3.8) is 0 Å². The Bertz CT molecular complexity index is 2080. The van der Waals surface area contributed by atoms with E-state index in [1.807, 2.05) is 24.6 Å². The second-order valence-corrected chi connectivity index (χ2v) is 9.19. The molecule has 168 valence electrons. The summed E-state index contributed by atoms with van der Waals surface area (Å²) in [5.41, 5.74) is 6.25. The molecule has 3 heteroatoms. The van der Waals surface area contributed by atoms with Crippen LogP contribution in [0.25, 0.3) is 71.3 Å². The first-order valence-corrected chi connectivity index (χ1v) is 12.1. The number of benzene rings is 5. The number of rotatable bonds is 2. The smallest absolute Gasteiger partial charge is 0.144 e. The molecule has 0 bridgehead atoms. The van der Waals surface area contributed by atoms with Gasteiger partial charge in [-0.3, -0.25) is 4.98 Å². The van der Waals surface area contributed by atoms with Crippen LogP contribution < -0.4 is 0 Å².